The molecule has 0 saturated carbocycles. The number of carbonyl (C=O) groups excluding carboxylic acids is 1. The van der Waals surface area contributed by atoms with Crippen molar-refractivity contribution < 1.29 is 9.32 Å². The van der Waals surface area contributed by atoms with Crippen molar-refractivity contribution in [2.75, 3.05) is 13.1 Å². The minimum Gasteiger partial charge on any atom is -0.342 e. The number of hydrogen-bond donors (Lipinski definition) is 0. The molecule has 1 amide bonds. The maximum absolute atomic E-state index is 12.9. The number of benzene rings is 1. The van der Waals surface area contributed by atoms with Crippen LogP contribution in [-0.4, -0.2) is 39.0 Å². The van der Waals surface area contributed by atoms with Crippen LogP contribution in [-0.2, 0) is 4.79 Å². The zero-order valence-corrected chi connectivity index (χ0v) is 16.2. The van der Waals surface area contributed by atoms with E-state index in [1.165, 1.54) is 5.56 Å². The average molecular weight is 376 g/mol. The van der Waals surface area contributed by atoms with Crippen LogP contribution in [0.5, 0.6) is 0 Å². The number of piperidine rings is 1. The number of amides is 1. The predicted molar refractivity (Wildman–Crippen MR) is 106 cm³/mol. The molecule has 28 heavy (non-hydrogen) atoms. The van der Waals surface area contributed by atoms with Crippen molar-refractivity contribution in [2.45, 2.75) is 38.5 Å². The van der Waals surface area contributed by atoms with Crippen molar-refractivity contribution in [1.82, 2.24) is 20.0 Å². The summed E-state index contributed by atoms with van der Waals surface area (Å²) in [6.07, 6.45) is 5.11. The SMILES string of the molecule is Cc1ccc([C@H](C)C(=O)N2CCC(c3noc(-c4ccncc4)n3)CC2)cc1. The molecule has 144 valence electrons. The van der Waals surface area contributed by atoms with Crippen LogP contribution < -0.4 is 0 Å². The first-order valence-corrected chi connectivity index (χ1v) is 9.71. The lowest BCUT2D eigenvalue weighted by Crippen LogP contribution is -2.40. The third kappa shape index (κ3) is 3.81. The molecule has 1 atom stereocenters. The molecule has 1 aliphatic heterocycles. The summed E-state index contributed by atoms with van der Waals surface area (Å²) in [4.78, 5) is 23.4. The van der Waals surface area contributed by atoms with E-state index in [9.17, 15) is 4.79 Å². The highest BCUT2D eigenvalue weighted by Gasteiger charge is 2.29. The van der Waals surface area contributed by atoms with Gasteiger partial charge in [0.15, 0.2) is 5.82 Å². The molecule has 1 aromatic carbocycles. The van der Waals surface area contributed by atoms with E-state index in [4.69, 9.17) is 4.52 Å². The largest absolute Gasteiger partial charge is 0.342 e. The summed E-state index contributed by atoms with van der Waals surface area (Å²) in [6, 6.07) is 11.9. The maximum atomic E-state index is 12.9. The van der Waals surface area contributed by atoms with Gasteiger partial charge in [0.1, 0.15) is 0 Å². The molecule has 3 heterocycles. The highest BCUT2D eigenvalue weighted by Crippen LogP contribution is 2.29. The summed E-state index contributed by atoms with van der Waals surface area (Å²) in [5.74, 6) is 1.53. The molecule has 0 spiro atoms. The number of hydrogen-bond acceptors (Lipinski definition) is 5. The lowest BCUT2D eigenvalue weighted by Gasteiger charge is -2.32. The molecule has 0 aliphatic carbocycles. The summed E-state index contributed by atoms with van der Waals surface area (Å²) in [5, 5.41) is 4.17. The van der Waals surface area contributed by atoms with E-state index in [-0.39, 0.29) is 17.7 Å². The molecular formula is C22H24N4O2. The van der Waals surface area contributed by atoms with Crippen LogP contribution in [0.4, 0.5) is 0 Å². The molecule has 0 N–H and O–H groups in total. The highest BCUT2D eigenvalue weighted by atomic mass is 16.5. The minimum absolute atomic E-state index is 0.124. The molecule has 0 radical (unpaired) electrons. The van der Waals surface area contributed by atoms with Crippen LogP contribution >= 0.6 is 0 Å². The van der Waals surface area contributed by atoms with E-state index in [1.807, 2.05) is 36.1 Å². The Balaban J connectivity index is 1.37. The molecule has 6 heteroatoms. The van der Waals surface area contributed by atoms with Crippen LogP contribution in [0.25, 0.3) is 11.5 Å². The van der Waals surface area contributed by atoms with Gasteiger partial charge in [-0.15, -0.1) is 0 Å². The fourth-order valence-corrected chi connectivity index (χ4v) is 3.64. The first kappa shape index (κ1) is 18.3. The van der Waals surface area contributed by atoms with Crippen LogP contribution in [0.3, 0.4) is 0 Å². The third-order valence-corrected chi connectivity index (χ3v) is 5.49. The van der Waals surface area contributed by atoms with E-state index in [0.717, 1.165) is 42.9 Å². The number of aromatic nitrogens is 3. The number of pyridine rings is 1. The van der Waals surface area contributed by atoms with Crippen molar-refractivity contribution in [2.24, 2.45) is 0 Å². The Morgan fingerprint density at radius 2 is 1.79 bits per heavy atom. The second kappa shape index (κ2) is 7.92. The Morgan fingerprint density at radius 3 is 2.46 bits per heavy atom. The normalized spacial score (nSPS) is 16.1. The Bertz CT molecular complexity index is 929. The number of rotatable bonds is 4. The van der Waals surface area contributed by atoms with Gasteiger partial charge in [-0.3, -0.25) is 9.78 Å². The molecule has 1 aliphatic rings. The molecule has 3 aromatic rings. The molecule has 1 fully saturated rings. The minimum atomic E-state index is -0.124. The standard InChI is InChI=1S/C22H24N4O2/c1-15-3-5-17(6-4-15)16(2)22(27)26-13-9-18(10-14-26)20-24-21(28-25-20)19-7-11-23-12-8-19/h3-8,11-12,16,18H,9-10,13-14H2,1-2H3/t16-/m0/s1. The van der Waals surface area contributed by atoms with Crippen molar-refractivity contribution in [3.63, 3.8) is 0 Å². The average Bonchev–Trinajstić information content (AvgIpc) is 3.24. The van der Waals surface area contributed by atoms with E-state index >= 15 is 0 Å². The molecule has 2 aromatic heterocycles. The summed E-state index contributed by atoms with van der Waals surface area (Å²) in [6.45, 7) is 5.48. The van der Waals surface area contributed by atoms with Gasteiger partial charge in [-0.05, 0) is 44.4 Å². The second-order valence-electron chi connectivity index (χ2n) is 7.43. The topological polar surface area (TPSA) is 72.1 Å². The van der Waals surface area contributed by atoms with Gasteiger partial charge >= 0.3 is 0 Å². The lowest BCUT2D eigenvalue weighted by molar-refractivity contribution is -0.133. The number of nitrogens with zero attached hydrogens (tertiary/aromatic N) is 4. The van der Waals surface area contributed by atoms with Gasteiger partial charge < -0.3 is 9.42 Å². The molecule has 6 nitrogen and oxygen atoms in total. The van der Waals surface area contributed by atoms with E-state index in [2.05, 4.69) is 34.2 Å². The second-order valence-corrected chi connectivity index (χ2v) is 7.43. The molecular weight excluding hydrogens is 352 g/mol. The Morgan fingerprint density at radius 1 is 1.11 bits per heavy atom. The van der Waals surface area contributed by atoms with Crippen LogP contribution in [0.2, 0.25) is 0 Å². The summed E-state index contributed by atoms with van der Waals surface area (Å²) in [7, 11) is 0. The molecule has 0 unspecified atom stereocenters. The van der Waals surface area contributed by atoms with Gasteiger partial charge in [0.25, 0.3) is 5.89 Å². The predicted octanol–water partition coefficient (Wildman–Crippen LogP) is 3.95. The fraction of sp³-hybridized carbons (Fsp3) is 0.364. The van der Waals surface area contributed by atoms with Crippen molar-refractivity contribution in [3.05, 3.63) is 65.7 Å². The Labute approximate surface area is 164 Å². The van der Waals surface area contributed by atoms with Gasteiger partial charge in [0, 0.05) is 37.0 Å². The number of aryl methyl sites for hydroxylation is 1. The fourth-order valence-electron chi connectivity index (χ4n) is 3.64. The first-order valence-electron chi connectivity index (χ1n) is 9.71. The summed E-state index contributed by atoms with van der Waals surface area (Å²) in [5.41, 5.74) is 3.14. The van der Waals surface area contributed by atoms with Crippen molar-refractivity contribution in [1.29, 1.82) is 0 Å². The first-order chi connectivity index (χ1) is 13.6. The monoisotopic (exact) mass is 376 g/mol. The van der Waals surface area contributed by atoms with E-state index in [0.29, 0.717) is 5.89 Å². The number of carbonyl (C=O) groups is 1. The van der Waals surface area contributed by atoms with Crippen molar-refractivity contribution in [3.8, 4) is 11.5 Å². The lowest BCUT2D eigenvalue weighted by atomic mass is 9.93. The smallest absolute Gasteiger partial charge is 0.258 e. The summed E-state index contributed by atoms with van der Waals surface area (Å²) < 4.78 is 5.41. The third-order valence-electron chi connectivity index (χ3n) is 5.49. The van der Waals surface area contributed by atoms with E-state index < -0.39 is 0 Å². The Hall–Kier alpha value is -3.02. The van der Waals surface area contributed by atoms with Gasteiger partial charge in [0.2, 0.25) is 5.91 Å². The van der Waals surface area contributed by atoms with Gasteiger partial charge in [-0.2, -0.15) is 4.98 Å². The van der Waals surface area contributed by atoms with Crippen molar-refractivity contribution >= 4 is 5.91 Å². The van der Waals surface area contributed by atoms with Crippen LogP contribution in [0.1, 0.15) is 48.6 Å². The molecule has 0 bridgehead atoms. The Kier molecular flexibility index (Phi) is 5.19. The van der Waals surface area contributed by atoms with Gasteiger partial charge in [-0.25, -0.2) is 0 Å². The van der Waals surface area contributed by atoms with Gasteiger partial charge in [-0.1, -0.05) is 35.0 Å². The zero-order chi connectivity index (χ0) is 19.5. The molecule has 1 saturated heterocycles. The quantitative estimate of drug-likeness (QED) is 0.689. The van der Waals surface area contributed by atoms with Crippen LogP contribution in [0.15, 0.2) is 53.3 Å². The maximum Gasteiger partial charge on any atom is 0.258 e. The zero-order valence-electron chi connectivity index (χ0n) is 16.2. The number of likely N-dealkylation sites (tertiary alicyclic amines) is 1. The highest BCUT2D eigenvalue weighted by molar-refractivity contribution is 5.83. The van der Waals surface area contributed by atoms with E-state index in [1.54, 1.807) is 12.4 Å². The molecule has 4 rings (SSSR count). The van der Waals surface area contributed by atoms with Gasteiger partial charge in [0.05, 0.1) is 5.92 Å². The van der Waals surface area contributed by atoms with Crippen LogP contribution in [0, 0.1) is 6.92 Å². The summed E-state index contributed by atoms with van der Waals surface area (Å²) >= 11 is 0.